The molecule has 0 radical (unpaired) electrons. The van der Waals surface area contributed by atoms with Crippen molar-refractivity contribution in [3.05, 3.63) is 12.3 Å². The van der Waals surface area contributed by atoms with E-state index < -0.39 is 23.3 Å². The van der Waals surface area contributed by atoms with Crippen molar-refractivity contribution >= 4 is 11.8 Å². The maximum Gasteiger partial charge on any atom is 0.253 e. The van der Waals surface area contributed by atoms with E-state index in [0.29, 0.717) is 13.0 Å². The Hall–Kier alpha value is -1.84. The van der Waals surface area contributed by atoms with E-state index in [0.717, 1.165) is 12.3 Å². The second-order valence-corrected chi connectivity index (χ2v) is 4.64. The fourth-order valence-electron chi connectivity index (χ4n) is 1.04. The van der Waals surface area contributed by atoms with E-state index in [1.807, 2.05) is 0 Å². The Bertz CT molecular complexity index is 383. The molecule has 0 aliphatic heterocycles. The van der Waals surface area contributed by atoms with Crippen molar-refractivity contribution in [3.63, 3.8) is 0 Å². The summed E-state index contributed by atoms with van der Waals surface area (Å²) in [5.74, 6) is 1.29. The molecule has 19 heavy (non-hydrogen) atoms. The van der Waals surface area contributed by atoms with Crippen LogP contribution < -0.4 is 10.6 Å². The van der Waals surface area contributed by atoms with Crippen LogP contribution in [0.25, 0.3) is 0 Å². The van der Waals surface area contributed by atoms with Crippen LogP contribution in [0.2, 0.25) is 0 Å². The van der Waals surface area contributed by atoms with Gasteiger partial charge in [-0.25, -0.2) is 0 Å². The summed E-state index contributed by atoms with van der Waals surface area (Å²) >= 11 is 0. The monoisotopic (exact) mass is 268 g/mol. The molecule has 6 nitrogen and oxygen atoms in total. The number of carbonyl (C=O) groups excluding carboxylic acids is 2. The summed E-state index contributed by atoms with van der Waals surface area (Å²) in [5, 5.41) is 23.4. The van der Waals surface area contributed by atoms with Gasteiger partial charge in [0.1, 0.15) is 6.10 Å². The Morgan fingerprint density at radius 3 is 2.63 bits per heavy atom. The van der Waals surface area contributed by atoms with Crippen molar-refractivity contribution in [1.29, 1.82) is 0 Å². The summed E-state index contributed by atoms with van der Waals surface area (Å²) in [4.78, 5) is 22.7. The SMILES string of the molecule is C#CCCNC(=O)/C=C/NC(=O)[C@H](O)C(C)(C)CO. The molecule has 0 aliphatic rings. The first kappa shape index (κ1) is 17.2. The molecule has 0 aromatic carbocycles. The summed E-state index contributed by atoms with van der Waals surface area (Å²) in [6, 6.07) is 0. The maximum absolute atomic E-state index is 11.5. The van der Waals surface area contributed by atoms with Crippen LogP contribution in [0.3, 0.4) is 0 Å². The van der Waals surface area contributed by atoms with Crippen molar-refractivity contribution < 1.29 is 19.8 Å². The molecule has 0 fully saturated rings. The zero-order valence-corrected chi connectivity index (χ0v) is 11.1. The molecule has 4 N–H and O–H groups in total. The standard InChI is InChI=1S/C13H20N2O4/c1-4-5-7-14-10(17)6-8-15-12(19)11(18)13(2,3)9-16/h1,6,8,11,16,18H,5,7,9H2,2-3H3,(H,14,17)(H,15,19)/b8-6+/t11-/m0/s1. The Labute approximate surface area is 112 Å². The highest BCUT2D eigenvalue weighted by Gasteiger charge is 2.32. The summed E-state index contributed by atoms with van der Waals surface area (Å²) < 4.78 is 0. The fourth-order valence-corrected chi connectivity index (χ4v) is 1.04. The number of hydrogen-bond donors (Lipinski definition) is 4. The van der Waals surface area contributed by atoms with E-state index in [-0.39, 0.29) is 6.61 Å². The van der Waals surface area contributed by atoms with E-state index in [2.05, 4.69) is 16.6 Å². The van der Waals surface area contributed by atoms with Gasteiger partial charge in [0.25, 0.3) is 5.91 Å². The summed E-state index contributed by atoms with van der Waals surface area (Å²) in [6.45, 7) is 3.12. The van der Waals surface area contributed by atoms with Crippen LogP contribution in [-0.2, 0) is 9.59 Å². The molecule has 0 aliphatic carbocycles. The van der Waals surface area contributed by atoms with Gasteiger partial charge in [-0.1, -0.05) is 13.8 Å². The van der Waals surface area contributed by atoms with E-state index in [1.165, 1.54) is 0 Å². The lowest BCUT2D eigenvalue weighted by Gasteiger charge is -2.26. The van der Waals surface area contributed by atoms with E-state index in [9.17, 15) is 14.7 Å². The zero-order chi connectivity index (χ0) is 14.9. The summed E-state index contributed by atoms with van der Waals surface area (Å²) in [6.07, 6.45) is 6.32. The number of hydrogen-bond acceptors (Lipinski definition) is 4. The van der Waals surface area contributed by atoms with Crippen molar-refractivity contribution in [1.82, 2.24) is 10.6 Å². The minimum atomic E-state index is -1.37. The molecule has 2 amide bonds. The number of aliphatic hydroxyl groups is 2. The predicted molar refractivity (Wildman–Crippen MR) is 70.6 cm³/mol. The molecule has 0 aromatic heterocycles. The average Bonchev–Trinajstić information content (AvgIpc) is 2.38. The minimum Gasteiger partial charge on any atom is -0.396 e. The highest BCUT2D eigenvalue weighted by atomic mass is 16.3. The molecular formula is C13H20N2O4. The third kappa shape index (κ3) is 6.60. The van der Waals surface area contributed by atoms with Crippen LogP contribution in [0.5, 0.6) is 0 Å². The van der Waals surface area contributed by atoms with E-state index >= 15 is 0 Å². The van der Waals surface area contributed by atoms with Crippen molar-refractivity contribution in [2.45, 2.75) is 26.4 Å². The Balaban J connectivity index is 4.16. The van der Waals surface area contributed by atoms with Gasteiger partial charge in [0.05, 0.1) is 6.61 Å². The molecule has 0 heterocycles. The molecular weight excluding hydrogens is 248 g/mol. The molecule has 1 atom stereocenters. The second kappa shape index (κ2) is 8.29. The normalized spacial score (nSPS) is 12.8. The number of aliphatic hydroxyl groups excluding tert-OH is 2. The molecule has 0 rings (SSSR count). The molecule has 0 unspecified atom stereocenters. The topological polar surface area (TPSA) is 98.7 Å². The molecule has 106 valence electrons. The van der Waals surface area contributed by atoms with Gasteiger partial charge >= 0.3 is 0 Å². The second-order valence-electron chi connectivity index (χ2n) is 4.64. The molecule has 0 spiro atoms. The van der Waals surface area contributed by atoms with Gasteiger partial charge in [-0.3, -0.25) is 9.59 Å². The zero-order valence-electron chi connectivity index (χ0n) is 11.1. The number of terminal acetylenes is 1. The van der Waals surface area contributed by atoms with Gasteiger partial charge in [-0.2, -0.15) is 0 Å². The lowest BCUT2D eigenvalue weighted by atomic mass is 9.87. The smallest absolute Gasteiger partial charge is 0.253 e. The minimum absolute atomic E-state index is 0.335. The Morgan fingerprint density at radius 1 is 1.47 bits per heavy atom. The van der Waals surface area contributed by atoms with Crippen molar-refractivity contribution in [2.24, 2.45) is 5.41 Å². The number of nitrogens with one attached hydrogen (secondary N) is 2. The maximum atomic E-state index is 11.5. The van der Waals surface area contributed by atoms with Crippen LogP contribution in [0.15, 0.2) is 12.3 Å². The first-order valence-corrected chi connectivity index (χ1v) is 5.82. The first-order valence-electron chi connectivity index (χ1n) is 5.82. The molecule has 0 saturated heterocycles. The third-order valence-corrected chi connectivity index (χ3v) is 2.42. The average molecular weight is 268 g/mol. The van der Waals surface area contributed by atoms with Gasteiger partial charge in [-0.15, -0.1) is 12.3 Å². The first-order chi connectivity index (χ1) is 8.85. The highest BCUT2D eigenvalue weighted by molar-refractivity contribution is 5.89. The molecule has 6 heteroatoms. The predicted octanol–water partition coefficient (Wildman–Crippen LogP) is -0.865. The van der Waals surface area contributed by atoms with Gasteiger partial charge in [-0.05, 0) is 0 Å². The van der Waals surface area contributed by atoms with Crippen LogP contribution in [-0.4, -0.2) is 41.3 Å². The van der Waals surface area contributed by atoms with Crippen LogP contribution in [0.1, 0.15) is 20.3 Å². The van der Waals surface area contributed by atoms with Crippen LogP contribution in [0.4, 0.5) is 0 Å². The third-order valence-electron chi connectivity index (χ3n) is 2.42. The summed E-state index contributed by atoms with van der Waals surface area (Å²) in [5.41, 5.74) is -0.951. The lowest BCUT2D eigenvalue weighted by molar-refractivity contribution is -0.136. The van der Waals surface area contributed by atoms with E-state index in [1.54, 1.807) is 13.8 Å². The lowest BCUT2D eigenvalue weighted by Crippen LogP contribution is -2.44. The van der Waals surface area contributed by atoms with Crippen molar-refractivity contribution in [3.8, 4) is 12.3 Å². The number of amides is 2. The van der Waals surface area contributed by atoms with Gasteiger partial charge in [0.2, 0.25) is 5.91 Å². The van der Waals surface area contributed by atoms with Gasteiger partial charge in [0, 0.05) is 30.7 Å². The highest BCUT2D eigenvalue weighted by Crippen LogP contribution is 2.19. The van der Waals surface area contributed by atoms with Crippen LogP contribution >= 0.6 is 0 Å². The Morgan fingerprint density at radius 2 is 2.11 bits per heavy atom. The van der Waals surface area contributed by atoms with Crippen LogP contribution in [0, 0.1) is 17.8 Å². The van der Waals surface area contributed by atoms with Gasteiger partial charge in [0.15, 0.2) is 0 Å². The van der Waals surface area contributed by atoms with Crippen molar-refractivity contribution in [2.75, 3.05) is 13.2 Å². The largest absolute Gasteiger partial charge is 0.396 e. The van der Waals surface area contributed by atoms with E-state index in [4.69, 9.17) is 11.5 Å². The quantitative estimate of drug-likeness (QED) is 0.274. The number of carbonyl (C=O) groups is 2. The summed E-state index contributed by atoms with van der Waals surface area (Å²) in [7, 11) is 0. The Kier molecular flexibility index (Phi) is 7.49. The molecule has 0 aromatic rings. The fraction of sp³-hybridized carbons (Fsp3) is 0.538. The number of rotatable bonds is 7. The molecule has 0 bridgehead atoms. The van der Waals surface area contributed by atoms with Gasteiger partial charge < -0.3 is 20.8 Å². The molecule has 0 saturated carbocycles.